The number of aromatic nitrogens is 3. The van der Waals surface area contributed by atoms with Crippen molar-refractivity contribution in [3.05, 3.63) is 83.2 Å². The van der Waals surface area contributed by atoms with Crippen molar-refractivity contribution < 1.29 is 26.7 Å². The second-order valence-electron chi connectivity index (χ2n) is 6.77. The van der Waals surface area contributed by atoms with Crippen LogP contribution in [0, 0.1) is 18.6 Å². The minimum absolute atomic E-state index is 0.0521. The van der Waals surface area contributed by atoms with Gasteiger partial charge in [0.25, 0.3) is 5.91 Å². The molecule has 0 atom stereocenters. The summed E-state index contributed by atoms with van der Waals surface area (Å²) in [5.41, 5.74) is -0.654. The molecule has 0 aliphatic rings. The van der Waals surface area contributed by atoms with Gasteiger partial charge in [0.15, 0.2) is 17.0 Å². The number of rotatable bonds is 3. The predicted molar refractivity (Wildman–Crippen MR) is 102 cm³/mol. The van der Waals surface area contributed by atoms with E-state index in [1.165, 1.54) is 0 Å². The second kappa shape index (κ2) is 7.46. The van der Waals surface area contributed by atoms with Gasteiger partial charge in [-0.05, 0) is 25.1 Å². The number of halogens is 5. The van der Waals surface area contributed by atoms with Crippen molar-refractivity contribution in [2.45, 2.75) is 13.1 Å². The zero-order valence-electron chi connectivity index (χ0n) is 15.8. The molecule has 2 aromatic carbocycles. The Morgan fingerprint density at radius 3 is 2.35 bits per heavy atom. The lowest BCUT2D eigenvalue weighted by Crippen LogP contribution is -2.16. The summed E-state index contributed by atoms with van der Waals surface area (Å²) in [7, 11) is 0. The van der Waals surface area contributed by atoms with Gasteiger partial charge in [-0.2, -0.15) is 18.3 Å². The lowest BCUT2D eigenvalue weighted by molar-refractivity contribution is -0.142. The lowest BCUT2D eigenvalue weighted by atomic mass is 10.1. The van der Waals surface area contributed by atoms with Gasteiger partial charge in [0.2, 0.25) is 0 Å². The van der Waals surface area contributed by atoms with Crippen LogP contribution in [0.4, 0.5) is 27.6 Å². The number of hydrogen-bond acceptors (Lipinski definition) is 3. The number of anilines is 1. The van der Waals surface area contributed by atoms with Gasteiger partial charge in [-0.25, -0.2) is 18.3 Å². The van der Waals surface area contributed by atoms with Crippen molar-refractivity contribution in [3.8, 4) is 11.3 Å². The van der Waals surface area contributed by atoms with E-state index in [0.29, 0.717) is 16.1 Å². The van der Waals surface area contributed by atoms with Gasteiger partial charge < -0.3 is 5.32 Å². The molecule has 0 spiro atoms. The maximum absolute atomic E-state index is 13.8. The lowest BCUT2D eigenvalue weighted by Gasteiger charge is -2.11. The Morgan fingerprint density at radius 2 is 1.71 bits per heavy atom. The summed E-state index contributed by atoms with van der Waals surface area (Å²) in [5, 5.41) is 5.86. The number of benzene rings is 2. The number of fused-ring (bicyclic) bond motifs is 1. The molecule has 5 nitrogen and oxygen atoms in total. The van der Waals surface area contributed by atoms with Crippen molar-refractivity contribution in [1.29, 1.82) is 0 Å². The molecule has 0 unspecified atom stereocenters. The molecule has 0 bridgehead atoms. The van der Waals surface area contributed by atoms with Gasteiger partial charge in [0.1, 0.15) is 11.6 Å². The Labute approximate surface area is 172 Å². The van der Waals surface area contributed by atoms with Crippen LogP contribution in [0.2, 0.25) is 0 Å². The monoisotopic (exact) mass is 432 g/mol. The molecule has 1 N–H and O–H groups in total. The van der Waals surface area contributed by atoms with Crippen LogP contribution in [0.15, 0.2) is 54.6 Å². The molecular weight excluding hydrogens is 419 g/mol. The highest BCUT2D eigenvalue weighted by atomic mass is 19.4. The number of nitrogens with one attached hydrogen (secondary N) is 1. The smallest absolute Gasteiger partial charge is 0.318 e. The molecule has 2 heterocycles. The third kappa shape index (κ3) is 4.09. The van der Waals surface area contributed by atoms with Gasteiger partial charge in [-0.1, -0.05) is 29.8 Å². The highest BCUT2D eigenvalue weighted by Gasteiger charge is 2.35. The Morgan fingerprint density at radius 1 is 1.00 bits per heavy atom. The minimum Gasteiger partial charge on any atom is -0.318 e. The summed E-state index contributed by atoms with van der Waals surface area (Å²) in [6.07, 6.45) is -4.77. The molecule has 0 saturated heterocycles. The summed E-state index contributed by atoms with van der Waals surface area (Å²) in [4.78, 5) is 16.6. The minimum atomic E-state index is -4.77. The van der Waals surface area contributed by atoms with Crippen LogP contribution in [-0.4, -0.2) is 20.5 Å². The van der Waals surface area contributed by atoms with Gasteiger partial charge in [0, 0.05) is 17.7 Å². The Balaban J connectivity index is 1.78. The SMILES string of the molecule is Cc1ccc(-c2cc(C(F)(F)F)n3nc(C(=O)Nc4ccc(F)cc4F)cc3n2)cc1. The molecule has 1 amide bonds. The van der Waals surface area contributed by atoms with E-state index in [0.717, 1.165) is 29.8 Å². The van der Waals surface area contributed by atoms with E-state index in [2.05, 4.69) is 15.4 Å². The first kappa shape index (κ1) is 20.5. The molecule has 2 aromatic heterocycles. The van der Waals surface area contributed by atoms with Gasteiger partial charge >= 0.3 is 6.18 Å². The number of nitrogens with zero attached hydrogens (tertiary/aromatic N) is 3. The van der Waals surface area contributed by atoms with E-state index in [4.69, 9.17) is 0 Å². The van der Waals surface area contributed by atoms with Crippen LogP contribution >= 0.6 is 0 Å². The average Bonchev–Trinajstić information content (AvgIpc) is 3.13. The summed E-state index contributed by atoms with van der Waals surface area (Å²) < 4.78 is 68.3. The van der Waals surface area contributed by atoms with Gasteiger partial charge in [0.05, 0.1) is 11.4 Å². The third-order valence-corrected chi connectivity index (χ3v) is 4.48. The Bertz CT molecular complexity index is 1300. The molecule has 0 aliphatic heterocycles. The zero-order chi connectivity index (χ0) is 22.3. The zero-order valence-corrected chi connectivity index (χ0v) is 15.8. The predicted octanol–water partition coefficient (Wildman–Crippen LogP) is 5.25. The number of hydrogen-bond donors (Lipinski definition) is 1. The van der Waals surface area contributed by atoms with E-state index in [-0.39, 0.29) is 17.0 Å². The number of alkyl halides is 3. The van der Waals surface area contributed by atoms with Crippen LogP contribution in [0.1, 0.15) is 21.7 Å². The summed E-state index contributed by atoms with van der Waals surface area (Å²) >= 11 is 0. The normalized spacial score (nSPS) is 11.7. The standard InChI is InChI=1S/C21H13F5N4O/c1-11-2-4-12(5-3-11)16-9-18(21(24,25)26)30-19(27-16)10-17(29-30)20(31)28-15-7-6-13(22)8-14(15)23/h2-10H,1H3,(H,28,31). The number of amides is 1. The van der Waals surface area contributed by atoms with Crippen LogP contribution in [0.25, 0.3) is 16.9 Å². The van der Waals surface area contributed by atoms with Crippen molar-refractivity contribution in [3.63, 3.8) is 0 Å². The average molecular weight is 432 g/mol. The summed E-state index contributed by atoms with van der Waals surface area (Å²) in [6.45, 7) is 1.84. The second-order valence-corrected chi connectivity index (χ2v) is 6.77. The highest BCUT2D eigenvalue weighted by Crippen LogP contribution is 2.32. The fraction of sp³-hybridized carbons (Fsp3) is 0.0952. The molecule has 31 heavy (non-hydrogen) atoms. The topological polar surface area (TPSA) is 59.3 Å². The van der Waals surface area contributed by atoms with E-state index in [1.807, 2.05) is 6.92 Å². The van der Waals surface area contributed by atoms with Gasteiger partial charge in [-0.3, -0.25) is 4.79 Å². The van der Waals surface area contributed by atoms with Crippen molar-refractivity contribution >= 4 is 17.2 Å². The highest BCUT2D eigenvalue weighted by molar-refractivity contribution is 6.03. The third-order valence-electron chi connectivity index (χ3n) is 4.48. The van der Waals surface area contributed by atoms with E-state index in [9.17, 15) is 26.7 Å². The quantitative estimate of drug-likeness (QED) is 0.450. The maximum Gasteiger partial charge on any atom is 0.433 e. The largest absolute Gasteiger partial charge is 0.433 e. The first-order valence-corrected chi connectivity index (χ1v) is 8.93. The van der Waals surface area contributed by atoms with Crippen LogP contribution in [-0.2, 0) is 6.18 Å². The molecule has 0 aliphatic carbocycles. The van der Waals surface area contributed by atoms with Crippen LogP contribution < -0.4 is 5.32 Å². The molecule has 10 heteroatoms. The number of carbonyl (C=O) groups is 1. The first-order valence-electron chi connectivity index (χ1n) is 8.93. The number of carbonyl (C=O) groups excluding carboxylic acids is 1. The van der Waals surface area contributed by atoms with Crippen molar-refractivity contribution in [2.24, 2.45) is 0 Å². The molecule has 0 saturated carbocycles. The van der Waals surface area contributed by atoms with E-state index >= 15 is 0 Å². The van der Waals surface area contributed by atoms with E-state index < -0.39 is 35.1 Å². The Hall–Kier alpha value is -3.82. The van der Waals surface area contributed by atoms with Crippen molar-refractivity contribution in [2.75, 3.05) is 5.32 Å². The maximum atomic E-state index is 13.8. The first-order chi connectivity index (χ1) is 14.6. The Kier molecular flexibility index (Phi) is 4.92. The van der Waals surface area contributed by atoms with Crippen molar-refractivity contribution in [1.82, 2.24) is 14.6 Å². The summed E-state index contributed by atoms with van der Waals surface area (Å²) in [6, 6.07) is 11.1. The van der Waals surface area contributed by atoms with E-state index in [1.54, 1.807) is 24.3 Å². The molecular formula is C21H13F5N4O. The summed E-state index contributed by atoms with van der Waals surface area (Å²) in [5.74, 6) is -2.85. The fourth-order valence-electron chi connectivity index (χ4n) is 2.94. The molecule has 158 valence electrons. The molecule has 4 rings (SSSR count). The molecule has 4 aromatic rings. The van der Waals surface area contributed by atoms with Crippen LogP contribution in [0.5, 0.6) is 0 Å². The number of aryl methyl sites for hydroxylation is 1. The van der Waals surface area contributed by atoms with Crippen LogP contribution in [0.3, 0.4) is 0 Å². The molecule has 0 radical (unpaired) electrons. The molecule has 0 fully saturated rings. The fourth-order valence-corrected chi connectivity index (χ4v) is 2.94. The van der Waals surface area contributed by atoms with Gasteiger partial charge in [-0.15, -0.1) is 0 Å².